The summed E-state index contributed by atoms with van der Waals surface area (Å²) in [5.41, 5.74) is 1.24. The third-order valence-corrected chi connectivity index (χ3v) is 13.5. The molecule has 51 heavy (non-hydrogen) atoms. The van der Waals surface area contributed by atoms with Gasteiger partial charge in [-0.25, -0.2) is 8.42 Å². The molecule has 1 aliphatic rings. The van der Waals surface area contributed by atoms with Crippen LogP contribution in [0.15, 0.2) is 47.4 Å². The molecule has 5 atom stereocenters. The van der Waals surface area contributed by atoms with E-state index in [9.17, 15) is 13.5 Å². The fraction of sp³-hybridized carbons (Fsp3) is 0.727. The lowest BCUT2D eigenvalue weighted by Gasteiger charge is -2.40. The molecule has 2 aromatic rings. The topological polar surface area (TPSA) is 76.1 Å². The predicted octanol–water partition coefficient (Wildman–Crippen LogP) is 10.8. The summed E-state index contributed by atoms with van der Waals surface area (Å²) in [5, 5.41) is 12.5. The minimum absolute atomic E-state index is 0.0305. The Kier molecular flexibility index (Phi) is 16.8. The third kappa shape index (κ3) is 11.7. The number of nitrogens with zero attached hydrogens (tertiary/aromatic N) is 1. The Bertz CT molecular complexity index is 1410. The standard InChI is InChI=1S/C44H73NO5S/c1-11-16-27-44(28-17-12-2)32-51(47,48)40-26-23-37(45(9)10)29-39(40)41(42(44)46)36-21-24-38(25-22-36)50-43(7,8)31-49-30-33(6)19-20-35(15-5)34(14-4)18-13-3/h21-26,29,33-35,41-42,46H,11-20,27-28,30-32H2,1-10H3. The lowest BCUT2D eigenvalue weighted by molar-refractivity contribution is -0.0145. The number of aliphatic hydroxyl groups excluding tert-OH is 1. The maximum absolute atomic E-state index is 14.2. The molecule has 0 radical (unpaired) electrons. The summed E-state index contributed by atoms with van der Waals surface area (Å²) in [6.07, 6.45) is 11.8. The molecule has 0 spiro atoms. The Morgan fingerprint density at radius 3 is 2.04 bits per heavy atom. The third-order valence-electron chi connectivity index (χ3n) is 11.5. The van der Waals surface area contributed by atoms with E-state index in [-0.39, 0.29) is 5.75 Å². The van der Waals surface area contributed by atoms with Crippen LogP contribution in [0.25, 0.3) is 0 Å². The van der Waals surface area contributed by atoms with Crippen molar-refractivity contribution in [2.75, 3.05) is 38.0 Å². The summed E-state index contributed by atoms with van der Waals surface area (Å²) in [5.74, 6) is 2.35. The van der Waals surface area contributed by atoms with Crippen molar-refractivity contribution >= 4 is 15.5 Å². The number of hydrogen-bond acceptors (Lipinski definition) is 6. The minimum atomic E-state index is -3.65. The van der Waals surface area contributed by atoms with Crippen LogP contribution in [0.1, 0.15) is 149 Å². The van der Waals surface area contributed by atoms with Gasteiger partial charge in [-0.15, -0.1) is 0 Å². The van der Waals surface area contributed by atoms with Crippen molar-refractivity contribution in [3.05, 3.63) is 53.6 Å². The highest BCUT2D eigenvalue weighted by molar-refractivity contribution is 7.91. The lowest BCUT2D eigenvalue weighted by atomic mass is 9.68. The van der Waals surface area contributed by atoms with Crippen LogP contribution in [0.4, 0.5) is 5.69 Å². The van der Waals surface area contributed by atoms with Gasteiger partial charge in [0.05, 0.1) is 23.4 Å². The quantitative estimate of drug-likeness (QED) is 0.130. The molecular formula is C44H73NO5S. The fourth-order valence-corrected chi connectivity index (χ4v) is 10.7. The first-order chi connectivity index (χ1) is 24.2. The number of unbranched alkanes of at least 4 members (excludes halogenated alkanes) is 2. The maximum Gasteiger partial charge on any atom is 0.179 e. The van der Waals surface area contributed by atoms with Gasteiger partial charge in [0.15, 0.2) is 9.84 Å². The molecule has 0 saturated carbocycles. The summed E-state index contributed by atoms with van der Waals surface area (Å²) in [4.78, 5) is 2.33. The molecule has 0 fully saturated rings. The van der Waals surface area contributed by atoms with E-state index in [1.54, 1.807) is 6.07 Å². The van der Waals surface area contributed by atoms with Crippen molar-refractivity contribution in [1.82, 2.24) is 0 Å². The van der Waals surface area contributed by atoms with Crippen LogP contribution >= 0.6 is 0 Å². The monoisotopic (exact) mass is 728 g/mol. The molecule has 6 nitrogen and oxygen atoms in total. The Labute approximate surface area is 313 Å². The molecule has 7 heteroatoms. The molecule has 1 aliphatic heterocycles. The Balaban J connectivity index is 1.82. The average Bonchev–Trinajstić information content (AvgIpc) is 3.16. The number of hydrogen-bond donors (Lipinski definition) is 1. The zero-order chi connectivity index (χ0) is 37.8. The van der Waals surface area contributed by atoms with E-state index in [1.807, 2.05) is 55.4 Å². The Morgan fingerprint density at radius 1 is 0.882 bits per heavy atom. The van der Waals surface area contributed by atoms with Crippen LogP contribution in [0.5, 0.6) is 5.75 Å². The number of sulfone groups is 1. The molecule has 0 aromatic heterocycles. The van der Waals surface area contributed by atoms with Gasteiger partial charge in [0.2, 0.25) is 0 Å². The van der Waals surface area contributed by atoms with Gasteiger partial charge in [-0.2, -0.15) is 0 Å². The second kappa shape index (κ2) is 19.8. The number of ether oxygens (including phenoxy) is 2. The number of benzene rings is 2. The predicted molar refractivity (Wildman–Crippen MR) is 215 cm³/mol. The molecule has 0 saturated heterocycles. The second-order valence-corrected chi connectivity index (χ2v) is 18.6. The van der Waals surface area contributed by atoms with Crippen molar-refractivity contribution in [2.45, 2.75) is 155 Å². The summed E-state index contributed by atoms with van der Waals surface area (Å²) in [7, 11) is 0.274. The van der Waals surface area contributed by atoms with Gasteiger partial charge in [-0.05, 0) is 98.7 Å². The molecule has 2 aromatic carbocycles. The zero-order valence-corrected chi connectivity index (χ0v) is 34.8. The van der Waals surface area contributed by atoms with E-state index in [0.717, 1.165) is 61.1 Å². The molecule has 0 amide bonds. The fourth-order valence-electron chi connectivity index (χ4n) is 8.49. The smallest absolute Gasteiger partial charge is 0.179 e. The molecule has 0 aliphatic carbocycles. The number of aliphatic hydroxyl groups is 1. The summed E-state index contributed by atoms with van der Waals surface area (Å²) in [6.45, 7) is 18.9. The van der Waals surface area contributed by atoms with Gasteiger partial charge < -0.3 is 19.5 Å². The molecule has 0 bridgehead atoms. The molecule has 290 valence electrons. The first-order valence-electron chi connectivity index (χ1n) is 20.3. The van der Waals surface area contributed by atoms with E-state index >= 15 is 0 Å². The van der Waals surface area contributed by atoms with Crippen LogP contribution in [0.3, 0.4) is 0 Å². The first-order valence-corrected chi connectivity index (χ1v) is 21.9. The van der Waals surface area contributed by atoms with Gasteiger partial charge >= 0.3 is 0 Å². The van der Waals surface area contributed by atoms with Gasteiger partial charge in [0.1, 0.15) is 11.4 Å². The minimum Gasteiger partial charge on any atom is -0.485 e. The molecular weight excluding hydrogens is 655 g/mol. The lowest BCUT2D eigenvalue weighted by Crippen LogP contribution is -2.43. The number of fused-ring (bicyclic) bond motifs is 1. The number of anilines is 1. The van der Waals surface area contributed by atoms with Crippen LogP contribution in [0, 0.1) is 23.2 Å². The normalized spacial score (nSPS) is 20.2. The van der Waals surface area contributed by atoms with E-state index in [2.05, 4.69) is 55.4 Å². The van der Waals surface area contributed by atoms with Gasteiger partial charge in [-0.3, -0.25) is 0 Å². The SMILES string of the molecule is CCCCC1(CCCC)CS(=O)(=O)c2ccc(N(C)C)cc2C(c2ccc(OC(C)(C)COCC(C)CCC(CC)C(CC)CCC)cc2)C1O. The second-order valence-electron chi connectivity index (χ2n) is 16.6. The van der Waals surface area contributed by atoms with E-state index in [0.29, 0.717) is 35.8 Å². The van der Waals surface area contributed by atoms with Crippen LogP contribution in [0.2, 0.25) is 0 Å². The Hall–Kier alpha value is -2.09. The summed E-state index contributed by atoms with van der Waals surface area (Å²) in [6, 6.07) is 13.6. The van der Waals surface area contributed by atoms with E-state index < -0.39 is 32.9 Å². The zero-order valence-electron chi connectivity index (χ0n) is 34.0. The number of rotatable bonds is 22. The van der Waals surface area contributed by atoms with Crippen LogP contribution < -0.4 is 9.64 Å². The molecule has 1 N–H and O–H groups in total. The van der Waals surface area contributed by atoms with Crippen LogP contribution in [-0.4, -0.2) is 58.3 Å². The summed E-state index contributed by atoms with van der Waals surface area (Å²) < 4.78 is 41.0. The summed E-state index contributed by atoms with van der Waals surface area (Å²) >= 11 is 0. The maximum atomic E-state index is 14.2. The van der Waals surface area contributed by atoms with Gasteiger partial charge in [0, 0.05) is 37.7 Å². The molecule has 5 unspecified atom stereocenters. The Morgan fingerprint density at radius 2 is 1.49 bits per heavy atom. The van der Waals surface area contributed by atoms with Crippen molar-refractivity contribution < 1.29 is 23.0 Å². The van der Waals surface area contributed by atoms with Gasteiger partial charge in [-0.1, -0.05) is 105 Å². The first kappa shape index (κ1) is 43.3. The highest BCUT2D eigenvalue weighted by Crippen LogP contribution is 2.50. The largest absolute Gasteiger partial charge is 0.485 e. The van der Waals surface area contributed by atoms with E-state index in [1.165, 1.54) is 38.5 Å². The van der Waals surface area contributed by atoms with Crippen molar-refractivity contribution in [1.29, 1.82) is 0 Å². The van der Waals surface area contributed by atoms with Crippen molar-refractivity contribution in [3.63, 3.8) is 0 Å². The highest BCUT2D eigenvalue weighted by Gasteiger charge is 2.49. The molecule has 1 heterocycles. The van der Waals surface area contributed by atoms with Crippen molar-refractivity contribution in [3.8, 4) is 5.75 Å². The average molecular weight is 728 g/mol. The van der Waals surface area contributed by atoms with Crippen molar-refractivity contribution in [2.24, 2.45) is 23.2 Å². The van der Waals surface area contributed by atoms with E-state index in [4.69, 9.17) is 9.47 Å². The van der Waals surface area contributed by atoms with Gasteiger partial charge in [0.25, 0.3) is 0 Å². The highest BCUT2D eigenvalue weighted by atomic mass is 32.2. The van der Waals surface area contributed by atoms with Crippen LogP contribution in [-0.2, 0) is 14.6 Å². The molecule has 3 rings (SSSR count).